The zero-order valence-electron chi connectivity index (χ0n) is 12.6. The smallest absolute Gasteiger partial charge is 0.212 e. The Bertz CT molecular complexity index is 535. The molecule has 0 radical (unpaired) electrons. The number of rotatable bonds is 6. The van der Waals surface area contributed by atoms with Crippen molar-refractivity contribution in [3.63, 3.8) is 0 Å². The predicted molar refractivity (Wildman–Crippen MR) is 78.0 cm³/mol. The maximum Gasteiger partial charge on any atom is 0.212 e. The molecular formula is C15H22N4O. The lowest BCUT2D eigenvalue weighted by Crippen LogP contribution is -2.01. The third-order valence-electron chi connectivity index (χ3n) is 3.65. The first-order valence-corrected chi connectivity index (χ1v) is 6.99. The van der Waals surface area contributed by atoms with Gasteiger partial charge < -0.3 is 4.74 Å². The zero-order valence-corrected chi connectivity index (χ0v) is 12.6. The van der Waals surface area contributed by atoms with Gasteiger partial charge in [0, 0.05) is 18.2 Å². The Hall–Kier alpha value is -1.91. The number of H-pyrrole nitrogens is 1. The van der Waals surface area contributed by atoms with Gasteiger partial charge in [-0.15, -0.1) is 0 Å². The number of ether oxygens (including phenoxy) is 1. The van der Waals surface area contributed by atoms with Gasteiger partial charge in [-0.1, -0.05) is 19.9 Å². The molecule has 0 aromatic carbocycles. The molecule has 0 aliphatic rings. The van der Waals surface area contributed by atoms with E-state index < -0.39 is 0 Å². The van der Waals surface area contributed by atoms with Crippen LogP contribution in [0.15, 0.2) is 18.3 Å². The SMILES string of the molecule is COc1ccc(C(C)CCC(C)c2nc(C)n[nH]2)cn1. The summed E-state index contributed by atoms with van der Waals surface area (Å²) in [5, 5.41) is 7.08. The molecule has 5 nitrogen and oxygen atoms in total. The lowest BCUT2D eigenvalue weighted by atomic mass is 9.93. The molecule has 108 valence electrons. The minimum absolute atomic E-state index is 0.393. The van der Waals surface area contributed by atoms with Crippen molar-refractivity contribution in [2.75, 3.05) is 7.11 Å². The number of aryl methyl sites for hydroxylation is 1. The summed E-state index contributed by atoms with van der Waals surface area (Å²) in [6.45, 7) is 6.30. The molecule has 2 rings (SSSR count). The molecule has 2 atom stereocenters. The van der Waals surface area contributed by atoms with E-state index in [0.29, 0.717) is 17.7 Å². The Labute approximate surface area is 119 Å². The van der Waals surface area contributed by atoms with Gasteiger partial charge in [-0.3, -0.25) is 5.10 Å². The molecule has 0 aliphatic heterocycles. The van der Waals surface area contributed by atoms with Gasteiger partial charge >= 0.3 is 0 Å². The number of hydrogen-bond acceptors (Lipinski definition) is 4. The lowest BCUT2D eigenvalue weighted by molar-refractivity contribution is 0.397. The molecule has 2 heterocycles. The summed E-state index contributed by atoms with van der Waals surface area (Å²) in [6, 6.07) is 3.99. The van der Waals surface area contributed by atoms with Gasteiger partial charge in [0.25, 0.3) is 0 Å². The second-order valence-corrected chi connectivity index (χ2v) is 5.28. The first-order chi connectivity index (χ1) is 9.60. The fraction of sp³-hybridized carbons (Fsp3) is 0.533. The molecular weight excluding hydrogens is 252 g/mol. The average Bonchev–Trinajstić information content (AvgIpc) is 2.91. The van der Waals surface area contributed by atoms with E-state index in [9.17, 15) is 0 Å². The molecule has 2 aromatic heterocycles. The van der Waals surface area contributed by atoms with Crippen LogP contribution in [0.4, 0.5) is 0 Å². The van der Waals surface area contributed by atoms with Crippen molar-refractivity contribution in [2.24, 2.45) is 0 Å². The molecule has 20 heavy (non-hydrogen) atoms. The Kier molecular flexibility index (Phi) is 4.71. The molecule has 2 unspecified atom stereocenters. The molecule has 0 spiro atoms. The van der Waals surface area contributed by atoms with Crippen LogP contribution in [0.25, 0.3) is 0 Å². The van der Waals surface area contributed by atoms with E-state index in [2.05, 4.69) is 40.1 Å². The first kappa shape index (κ1) is 14.5. The van der Waals surface area contributed by atoms with Crippen LogP contribution in [0.3, 0.4) is 0 Å². The third-order valence-corrected chi connectivity index (χ3v) is 3.65. The number of aromatic nitrogens is 4. The predicted octanol–water partition coefficient (Wildman–Crippen LogP) is 3.20. The normalized spacial score (nSPS) is 14.0. The van der Waals surface area contributed by atoms with Crippen molar-refractivity contribution >= 4 is 0 Å². The number of aromatic amines is 1. The minimum atomic E-state index is 0.393. The van der Waals surface area contributed by atoms with Gasteiger partial charge in [-0.05, 0) is 31.2 Å². The Morgan fingerprint density at radius 3 is 2.50 bits per heavy atom. The fourth-order valence-corrected chi connectivity index (χ4v) is 2.19. The van der Waals surface area contributed by atoms with Crippen molar-refractivity contribution in [3.05, 3.63) is 35.5 Å². The van der Waals surface area contributed by atoms with Crippen LogP contribution in [-0.4, -0.2) is 27.3 Å². The van der Waals surface area contributed by atoms with E-state index >= 15 is 0 Å². The van der Waals surface area contributed by atoms with Crippen LogP contribution < -0.4 is 4.74 Å². The summed E-state index contributed by atoms with van der Waals surface area (Å²) in [4.78, 5) is 8.64. The Morgan fingerprint density at radius 1 is 1.20 bits per heavy atom. The maximum atomic E-state index is 5.08. The van der Waals surface area contributed by atoms with E-state index in [1.807, 2.05) is 19.2 Å². The van der Waals surface area contributed by atoms with Crippen molar-refractivity contribution < 1.29 is 4.74 Å². The van der Waals surface area contributed by atoms with Crippen molar-refractivity contribution in [3.8, 4) is 5.88 Å². The van der Waals surface area contributed by atoms with Gasteiger partial charge in [0.2, 0.25) is 5.88 Å². The standard InChI is InChI=1S/C15H22N4O/c1-10(13-7-8-14(20-4)16-9-13)5-6-11(2)15-17-12(3)18-19-15/h7-11H,5-6H2,1-4H3,(H,17,18,19). The topological polar surface area (TPSA) is 63.7 Å². The van der Waals surface area contributed by atoms with Gasteiger partial charge in [0.05, 0.1) is 7.11 Å². The molecule has 0 fully saturated rings. The zero-order chi connectivity index (χ0) is 14.5. The highest BCUT2D eigenvalue weighted by Crippen LogP contribution is 2.26. The number of hydrogen-bond donors (Lipinski definition) is 1. The molecule has 0 saturated heterocycles. The fourth-order valence-electron chi connectivity index (χ4n) is 2.19. The first-order valence-electron chi connectivity index (χ1n) is 6.99. The number of pyridine rings is 1. The third kappa shape index (κ3) is 3.56. The summed E-state index contributed by atoms with van der Waals surface area (Å²) < 4.78 is 5.08. The van der Waals surface area contributed by atoms with E-state index in [1.165, 1.54) is 5.56 Å². The van der Waals surface area contributed by atoms with E-state index in [-0.39, 0.29) is 0 Å². The molecule has 0 amide bonds. The lowest BCUT2D eigenvalue weighted by Gasteiger charge is -2.14. The summed E-state index contributed by atoms with van der Waals surface area (Å²) in [6.07, 6.45) is 4.06. The van der Waals surface area contributed by atoms with Crippen LogP contribution >= 0.6 is 0 Å². The van der Waals surface area contributed by atoms with Gasteiger partial charge in [-0.25, -0.2) is 9.97 Å². The van der Waals surface area contributed by atoms with Gasteiger partial charge in [0.15, 0.2) is 0 Å². The average molecular weight is 274 g/mol. The molecule has 2 aromatic rings. The van der Waals surface area contributed by atoms with E-state index in [4.69, 9.17) is 4.74 Å². The van der Waals surface area contributed by atoms with E-state index in [1.54, 1.807) is 7.11 Å². The highest BCUT2D eigenvalue weighted by molar-refractivity contribution is 5.20. The Morgan fingerprint density at radius 2 is 1.95 bits per heavy atom. The molecule has 0 saturated carbocycles. The monoisotopic (exact) mass is 274 g/mol. The van der Waals surface area contributed by atoms with Crippen molar-refractivity contribution in [1.82, 2.24) is 20.2 Å². The van der Waals surface area contributed by atoms with Crippen molar-refractivity contribution in [1.29, 1.82) is 0 Å². The molecule has 5 heteroatoms. The highest BCUT2D eigenvalue weighted by atomic mass is 16.5. The van der Waals surface area contributed by atoms with Crippen LogP contribution in [0.2, 0.25) is 0 Å². The van der Waals surface area contributed by atoms with Gasteiger partial charge in [0.1, 0.15) is 11.6 Å². The molecule has 0 aliphatic carbocycles. The second-order valence-electron chi connectivity index (χ2n) is 5.28. The molecule has 0 bridgehead atoms. The maximum absolute atomic E-state index is 5.08. The van der Waals surface area contributed by atoms with Crippen LogP contribution in [0, 0.1) is 6.92 Å². The quantitative estimate of drug-likeness (QED) is 0.878. The van der Waals surface area contributed by atoms with Crippen LogP contribution in [0.5, 0.6) is 5.88 Å². The highest BCUT2D eigenvalue weighted by Gasteiger charge is 2.13. The number of nitrogens with zero attached hydrogens (tertiary/aromatic N) is 3. The summed E-state index contributed by atoms with van der Waals surface area (Å²) in [5.74, 6) is 3.30. The van der Waals surface area contributed by atoms with Crippen LogP contribution in [0.1, 0.15) is 55.7 Å². The van der Waals surface area contributed by atoms with Crippen LogP contribution in [-0.2, 0) is 0 Å². The van der Waals surface area contributed by atoms with Crippen molar-refractivity contribution in [2.45, 2.75) is 45.4 Å². The number of nitrogens with one attached hydrogen (secondary N) is 1. The Balaban J connectivity index is 1.89. The summed E-state index contributed by atoms with van der Waals surface area (Å²) in [5.41, 5.74) is 1.24. The minimum Gasteiger partial charge on any atom is -0.481 e. The summed E-state index contributed by atoms with van der Waals surface area (Å²) >= 11 is 0. The molecule has 1 N–H and O–H groups in total. The largest absolute Gasteiger partial charge is 0.481 e. The summed E-state index contributed by atoms with van der Waals surface area (Å²) in [7, 11) is 1.63. The van der Waals surface area contributed by atoms with Gasteiger partial charge in [-0.2, -0.15) is 5.10 Å². The second kappa shape index (κ2) is 6.50. The number of methoxy groups -OCH3 is 1. The van der Waals surface area contributed by atoms with E-state index in [0.717, 1.165) is 24.5 Å².